The van der Waals surface area contributed by atoms with Crippen LogP contribution in [0.2, 0.25) is 0 Å². The van der Waals surface area contributed by atoms with Crippen LogP contribution in [0.5, 0.6) is 11.6 Å². The van der Waals surface area contributed by atoms with Gasteiger partial charge in [0.25, 0.3) is 0 Å². The SMILES string of the molecule is Cc1cc(Oc2ccc(NC(=O)C(C)C)cc2)nc(-c2cccnc2)n1. The minimum absolute atomic E-state index is 0.0220. The van der Waals surface area contributed by atoms with Crippen LogP contribution in [0.15, 0.2) is 54.9 Å². The maximum Gasteiger partial charge on any atom is 0.226 e. The van der Waals surface area contributed by atoms with Crippen molar-refractivity contribution < 1.29 is 9.53 Å². The van der Waals surface area contributed by atoms with Gasteiger partial charge in [0, 0.05) is 41.3 Å². The quantitative estimate of drug-likeness (QED) is 0.746. The third-order valence-electron chi connectivity index (χ3n) is 3.62. The zero-order chi connectivity index (χ0) is 18.5. The smallest absolute Gasteiger partial charge is 0.226 e. The van der Waals surface area contributed by atoms with Crippen molar-refractivity contribution in [1.82, 2.24) is 15.0 Å². The molecule has 3 rings (SSSR count). The van der Waals surface area contributed by atoms with Gasteiger partial charge >= 0.3 is 0 Å². The summed E-state index contributed by atoms with van der Waals surface area (Å²) in [6.45, 7) is 5.59. The summed E-state index contributed by atoms with van der Waals surface area (Å²) in [6, 6.07) is 12.7. The molecule has 0 unspecified atom stereocenters. The van der Waals surface area contributed by atoms with Crippen LogP contribution in [0, 0.1) is 12.8 Å². The van der Waals surface area contributed by atoms with Gasteiger partial charge in [-0.3, -0.25) is 9.78 Å². The molecule has 2 heterocycles. The van der Waals surface area contributed by atoms with Crippen molar-refractivity contribution >= 4 is 11.6 Å². The lowest BCUT2D eigenvalue weighted by Gasteiger charge is -2.10. The number of amides is 1. The van der Waals surface area contributed by atoms with Gasteiger partial charge in [0.2, 0.25) is 11.8 Å². The third kappa shape index (κ3) is 4.42. The molecule has 1 amide bonds. The Bertz CT molecular complexity index is 893. The average Bonchev–Trinajstić information content (AvgIpc) is 2.63. The van der Waals surface area contributed by atoms with Gasteiger partial charge in [0.1, 0.15) is 5.75 Å². The van der Waals surface area contributed by atoms with Gasteiger partial charge in [-0.25, -0.2) is 4.98 Å². The molecule has 3 aromatic rings. The molecule has 0 radical (unpaired) electrons. The molecule has 0 fully saturated rings. The van der Waals surface area contributed by atoms with E-state index in [1.807, 2.05) is 32.9 Å². The largest absolute Gasteiger partial charge is 0.439 e. The molecule has 0 bridgehead atoms. The van der Waals surface area contributed by atoms with E-state index in [1.54, 1.807) is 42.7 Å². The normalized spacial score (nSPS) is 10.6. The number of nitrogens with one attached hydrogen (secondary N) is 1. The van der Waals surface area contributed by atoms with Crippen molar-refractivity contribution in [3.8, 4) is 23.0 Å². The fraction of sp³-hybridized carbons (Fsp3) is 0.200. The second-order valence-electron chi connectivity index (χ2n) is 6.18. The Labute approximate surface area is 152 Å². The predicted octanol–water partition coefficient (Wildman–Crippen LogP) is 4.23. The van der Waals surface area contributed by atoms with Crippen molar-refractivity contribution in [3.63, 3.8) is 0 Å². The summed E-state index contributed by atoms with van der Waals surface area (Å²) >= 11 is 0. The van der Waals surface area contributed by atoms with Crippen LogP contribution in [0.1, 0.15) is 19.5 Å². The molecule has 26 heavy (non-hydrogen) atoms. The maximum absolute atomic E-state index is 11.7. The fourth-order valence-electron chi connectivity index (χ4n) is 2.23. The number of carbonyl (C=O) groups is 1. The summed E-state index contributed by atoms with van der Waals surface area (Å²) in [4.78, 5) is 24.7. The van der Waals surface area contributed by atoms with Gasteiger partial charge in [-0.2, -0.15) is 4.98 Å². The average molecular weight is 348 g/mol. The topological polar surface area (TPSA) is 77.0 Å². The van der Waals surface area contributed by atoms with E-state index in [2.05, 4.69) is 20.3 Å². The number of ether oxygens (including phenoxy) is 1. The molecular formula is C20H20N4O2. The van der Waals surface area contributed by atoms with Crippen LogP contribution in [0.4, 0.5) is 5.69 Å². The number of hydrogen-bond acceptors (Lipinski definition) is 5. The predicted molar refractivity (Wildman–Crippen MR) is 100.0 cm³/mol. The van der Waals surface area contributed by atoms with Crippen LogP contribution in [-0.4, -0.2) is 20.9 Å². The Hall–Kier alpha value is -3.28. The Kier molecular flexibility index (Phi) is 5.22. The summed E-state index contributed by atoms with van der Waals surface area (Å²) in [5.41, 5.74) is 2.36. The molecule has 132 valence electrons. The number of aromatic nitrogens is 3. The number of rotatable bonds is 5. The fourth-order valence-corrected chi connectivity index (χ4v) is 2.23. The van der Waals surface area contributed by atoms with E-state index < -0.39 is 0 Å². The molecule has 2 aromatic heterocycles. The minimum atomic E-state index is -0.0687. The monoisotopic (exact) mass is 348 g/mol. The number of aryl methyl sites for hydroxylation is 1. The molecule has 0 aliphatic rings. The molecule has 0 saturated heterocycles. The number of anilines is 1. The first-order chi connectivity index (χ1) is 12.5. The Morgan fingerprint density at radius 3 is 2.54 bits per heavy atom. The summed E-state index contributed by atoms with van der Waals surface area (Å²) in [5, 5.41) is 2.85. The number of carbonyl (C=O) groups excluding carboxylic acids is 1. The third-order valence-corrected chi connectivity index (χ3v) is 3.62. The lowest BCUT2D eigenvalue weighted by Crippen LogP contribution is -2.17. The molecule has 0 aliphatic carbocycles. The van der Waals surface area contributed by atoms with Crippen LogP contribution in [0.3, 0.4) is 0 Å². The van der Waals surface area contributed by atoms with E-state index in [-0.39, 0.29) is 11.8 Å². The summed E-state index contributed by atoms with van der Waals surface area (Å²) < 4.78 is 5.84. The Balaban J connectivity index is 1.77. The van der Waals surface area contributed by atoms with Gasteiger partial charge in [0.15, 0.2) is 5.82 Å². The highest BCUT2D eigenvalue weighted by atomic mass is 16.5. The van der Waals surface area contributed by atoms with Gasteiger partial charge in [0.05, 0.1) is 0 Å². The van der Waals surface area contributed by atoms with E-state index in [4.69, 9.17) is 4.74 Å². The van der Waals surface area contributed by atoms with Crippen LogP contribution in [-0.2, 0) is 4.79 Å². The standard InChI is InChI=1S/C20H20N4O2/c1-13(2)20(25)23-16-6-8-17(9-7-16)26-18-11-14(3)22-19(24-18)15-5-4-10-21-12-15/h4-13H,1-3H3,(H,23,25). The van der Waals surface area contributed by atoms with E-state index in [1.165, 1.54) is 0 Å². The number of hydrogen-bond donors (Lipinski definition) is 1. The number of pyridine rings is 1. The maximum atomic E-state index is 11.7. The number of nitrogens with zero attached hydrogens (tertiary/aromatic N) is 3. The zero-order valence-corrected chi connectivity index (χ0v) is 14.9. The van der Waals surface area contributed by atoms with Gasteiger partial charge in [-0.1, -0.05) is 13.8 Å². The van der Waals surface area contributed by atoms with Crippen LogP contribution >= 0.6 is 0 Å². The summed E-state index contributed by atoms with van der Waals surface area (Å²) in [5.74, 6) is 1.55. The second kappa shape index (κ2) is 7.74. The lowest BCUT2D eigenvalue weighted by molar-refractivity contribution is -0.118. The van der Waals surface area contributed by atoms with Crippen molar-refractivity contribution in [1.29, 1.82) is 0 Å². The molecule has 0 atom stereocenters. The molecular weight excluding hydrogens is 328 g/mol. The highest BCUT2D eigenvalue weighted by Crippen LogP contribution is 2.24. The van der Waals surface area contributed by atoms with Crippen LogP contribution < -0.4 is 10.1 Å². The first kappa shape index (κ1) is 17.5. The van der Waals surface area contributed by atoms with Crippen LogP contribution in [0.25, 0.3) is 11.4 Å². The summed E-state index contributed by atoms with van der Waals surface area (Å²) in [7, 11) is 0. The van der Waals surface area contributed by atoms with E-state index in [0.29, 0.717) is 17.5 Å². The second-order valence-corrected chi connectivity index (χ2v) is 6.18. The highest BCUT2D eigenvalue weighted by Gasteiger charge is 2.09. The van der Waals surface area contributed by atoms with Gasteiger partial charge < -0.3 is 10.1 Å². The first-order valence-corrected chi connectivity index (χ1v) is 8.36. The molecule has 0 aliphatic heterocycles. The van der Waals surface area contributed by atoms with Crippen molar-refractivity contribution in [3.05, 3.63) is 60.6 Å². The first-order valence-electron chi connectivity index (χ1n) is 8.36. The van der Waals surface area contributed by atoms with Gasteiger partial charge in [-0.05, 0) is 43.3 Å². The van der Waals surface area contributed by atoms with E-state index in [0.717, 1.165) is 16.9 Å². The van der Waals surface area contributed by atoms with Crippen molar-refractivity contribution in [2.75, 3.05) is 5.32 Å². The molecule has 0 saturated carbocycles. The highest BCUT2D eigenvalue weighted by molar-refractivity contribution is 5.92. The molecule has 1 aromatic carbocycles. The number of benzene rings is 1. The minimum Gasteiger partial charge on any atom is -0.439 e. The summed E-state index contributed by atoms with van der Waals surface area (Å²) in [6.07, 6.45) is 3.42. The Morgan fingerprint density at radius 1 is 1.12 bits per heavy atom. The van der Waals surface area contributed by atoms with Gasteiger partial charge in [-0.15, -0.1) is 0 Å². The molecule has 6 heteroatoms. The van der Waals surface area contributed by atoms with Crippen molar-refractivity contribution in [2.24, 2.45) is 5.92 Å². The zero-order valence-electron chi connectivity index (χ0n) is 14.9. The van der Waals surface area contributed by atoms with E-state index in [9.17, 15) is 4.79 Å². The lowest BCUT2D eigenvalue weighted by atomic mass is 10.2. The van der Waals surface area contributed by atoms with Crippen molar-refractivity contribution in [2.45, 2.75) is 20.8 Å². The Morgan fingerprint density at radius 2 is 1.88 bits per heavy atom. The molecule has 6 nitrogen and oxygen atoms in total. The van der Waals surface area contributed by atoms with E-state index >= 15 is 0 Å². The molecule has 0 spiro atoms. The molecule has 1 N–H and O–H groups in total.